The molecular weight excluding hydrogens is 527 g/mol. The molecule has 0 fully saturated rings. The summed E-state index contributed by atoms with van der Waals surface area (Å²) in [5, 5.41) is -2.70. The lowest BCUT2D eigenvalue weighted by Crippen LogP contribution is -2.53. The Labute approximate surface area is 168 Å². The summed E-state index contributed by atoms with van der Waals surface area (Å²) in [7, 11) is -20.6. The largest absolute Gasteiger partial charge is 0.501 e. The van der Waals surface area contributed by atoms with E-state index in [1.807, 2.05) is 0 Å². The van der Waals surface area contributed by atoms with Crippen LogP contribution in [0.15, 0.2) is 22.0 Å². The van der Waals surface area contributed by atoms with Crippen LogP contribution in [0.4, 0.5) is 39.5 Å². The van der Waals surface area contributed by atoms with Crippen LogP contribution >= 0.6 is 0 Å². The molecule has 1 aliphatic carbocycles. The fraction of sp³-hybridized carbons (Fsp3) is 0.545. The third-order valence-electron chi connectivity index (χ3n) is 3.57. The van der Waals surface area contributed by atoms with Crippen LogP contribution in [0.25, 0.3) is 0 Å². The van der Waals surface area contributed by atoms with Crippen LogP contribution in [0.2, 0.25) is 0 Å². The predicted octanol–water partition coefficient (Wildman–Crippen LogP) is 2.09. The minimum atomic E-state index is -7.02. The number of rotatable bonds is 5. The van der Waals surface area contributed by atoms with Gasteiger partial charge >= 0.3 is 16.5 Å². The van der Waals surface area contributed by atoms with E-state index in [-0.39, 0.29) is 14.2 Å². The lowest BCUT2D eigenvalue weighted by atomic mass is 10.1. The number of alkyl halides is 9. The van der Waals surface area contributed by atoms with Crippen molar-refractivity contribution in [3.63, 3.8) is 0 Å². The molecular formula is C11H8F9O8S3-. The maximum absolute atomic E-state index is 13.0. The van der Waals surface area contributed by atoms with Crippen LogP contribution in [0.5, 0.6) is 0 Å². The molecule has 182 valence electrons. The lowest BCUT2D eigenvalue weighted by molar-refractivity contribution is -0.153. The standard InChI is InChI=1S/C11H8F9O8S3/c1-27-8(28-2)6(30(23,24)10(15,16)17)3-5(29(21,22)9(12,13)14)4-7(8)31(25,26)11(18,19)20/h3-4H,1-2H3/q-1. The predicted molar refractivity (Wildman–Crippen MR) is 81.1 cm³/mol. The van der Waals surface area contributed by atoms with Crippen molar-refractivity contribution in [2.24, 2.45) is 0 Å². The van der Waals surface area contributed by atoms with Crippen LogP contribution in [-0.4, -0.2) is 61.8 Å². The van der Waals surface area contributed by atoms with Crippen LogP contribution in [-0.2, 0) is 39.0 Å². The summed E-state index contributed by atoms with van der Waals surface area (Å²) in [5.74, 6) is -4.15. The summed E-state index contributed by atoms with van der Waals surface area (Å²) in [6, 6.07) is 0. The first kappa shape index (κ1) is 27.5. The SMILES string of the molecule is COC1(OC)C(S(=O)(=O)C(F)(F)F)=CC(S(=O)(=O)C(F)(F)F)=C[C-]1S(=O)(=O)C(F)(F)F. The highest BCUT2D eigenvalue weighted by atomic mass is 32.2. The van der Waals surface area contributed by atoms with Gasteiger partial charge < -0.3 is 9.47 Å². The van der Waals surface area contributed by atoms with Crippen LogP contribution in [0.3, 0.4) is 0 Å². The van der Waals surface area contributed by atoms with Crippen LogP contribution < -0.4 is 0 Å². The molecule has 0 amide bonds. The number of hydrogen-bond acceptors (Lipinski definition) is 8. The van der Waals surface area contributed by atoms with Crippen molar-refractivity contribution in [3.05, 3.63) is 27.2 Å². The number of ether oxygens (including phenoxy) is 2. The van der Waals surface area contributed by atoms with E-state index in [0.717, 1.165) is 0 Å². The van der Waals surface area contributed by atoms with Crippen molar-refractivity contribution in [2.45, 2.75) is 22.3 Å². The van der Waals surface area contributed by atoms with Gasteiger partial charge in [-0.3, -0.25) is 0 Å². The topological polar surface area (TPSA) is 121 Å². The molecule has 20 heteroatoms. The third-order valence-corrected chi connectivity index (χ3v) is 8.19. The van der Waals surface area contributed by atoms with E-state index >= 15 is 0 Å². The zero-order valence-electron chi connectivity index (χ0n) is 14.5. The first-order valence-corrected chi connectivity index (χ1v) is 11.3. The van der Waals surface area contributed by atoms with Crippen molar-refractivity contribution >= 4 is 29.5 Å². The second-order valence-electron chi connectivity index (χ2n) is 5.29. The summed E-state index contributed by atoms with van der Waals surface area (Å²) in [4.78, 5) is -5.26. The van der Waals surface area contributed by atoms with E-state index in [9.17, 15) is 64.8 Å². The maximum Gasteiger partial charge on any atom is 0.501 e. The van der Waals surface area contributed by atoms with Gasteiger partial charge in [-0.1, -0.05) is 4.91 Å². The van der Waals surface area contributed by atoms with Gasteiger partial charge in [0.05, 0.1) is 4.91 Å². The molecule has 0 aromatic heterocycles. The highest BCUT2D eigenvalue weighted by molar-refractivity contribution is 7.98. The Morgan fingerprint density at radius 2 is 1.13 bits per heavy atom. The summed E-state index contributed by atoms with van der Waals surface area (Å²) >= 11 is 0. The Hall–Kier alpha value is -1.51. The van der Waals surface area contributed by atoms with Crippen LogP contribution in [0, 0.1) is 5.25 Å². The first-order valence-electron chi connectivity index (χ1n) is 6.81. The third kappa shape index (κ3) is 4.14. The smallest absolute Gasteiger partial charge is 0.359 e. The summed E-state index contributed by atoms with van der Waals surface area (Å²) < 4.78 is 195. The van der Waals surface area contributed by atoms with E-state index in [1.54, 1.807) is 0 Å². The average Bonchev–Trinajstić information content (AvgIpc) is 2.57. The van der Waals surface area contributed by atoms with E-state index in [2.05, 4.69) is 9.47 Å². The van der Waals surface area contributed by atoms with Gasteiger partial charge in [0.25, 0.3) is 9.84 Å². The number of hydrogen-bond donors (Lipinski definition) is 0. The van der Waals surface area contributed by atoms with Crippen LogP contribution in [0.1, 0.15) is 0 Å². The van der Waals surface area contributed by atoms with Gasteiger partial charge in [-0.25, -0.2) is 25.3 Å². The number of sulfone groups is 3. The van der Waals surface area contributed by atoms with Crippen molar-refractivity contribution in [2.75, 3.05) is 14.2 Å². The second-order valence-corrected chi connectivity index (χ2v) is 11.1. The maximum atomic E-state index is 13.0. The monoisotopic (exact) mass is 535 g/mol. The highest BCUT2D eigenvalue weighted by Crippen LogP contribution is 2.51. The fourth-order valence-corrected chi connectivity index (χ4v) is 5.50. The number of halogens is 9. The molecule has 8 nitrogen and oxygen atoms in total. The first-order chi connectivity index (χ1) is 13.4. The van der Waals surface area contributed by atoms with Crippen molar-refractivity contribution in [1.29, 1.82) is 0 Å². The molecule has 1 rings (SSSR count). The van der Waals surface area contributed by atoms with Gasteiger partial charge in [-0.2, -0.15) is 45.6 Å². The summed E-state index contributed by atoms with van der Waals surface area (Å²) in [6.45, 7) is 0. The molecule has 0 spiro atoms. The molecule has 0 heterocycles. The molecule has 0 aromatic carbocycles. The molecule has 0 N–H and O–H groups in total. The average molecular weight is 535 g/mol. The number of allylic oxidation sites excluding steroid dienone is 1. The van der Waals surface area contributed by atoms with Gasteiger partial charge in [-0.15, -0.1) is 6.08 Å². The Morgan fingerprint density at radius 3 is 1.42 bits per heavy atom. The summed E-state index contributed by atoms with van der Waals surface area (Å²) in [5.41, 5.74) is -19.3. The highest BCUT2D eigenvalue weighted by Gasteiger charge is 2.62. The molecule has 0 saturated carbocycles. The molecule has 0 aliphatic heterocycles. The normalized spacial score (nSPS) is 19.1. The zero-order valence-corrected chi connectivity index (χ0v) is 17.0. The van der Waals surface area contributed by atoms with E-state index in [0.29, 0.717) is 0 Å². The van der Waals surface area contributed by atoms with E-state index < -0.39 is 79.0 Å². The van der Waals surface area contributed by atoms with Gasteiger partial charge in [0.1, 0.15) is 0 Å². The molecule has 1 aliphatic rings. The molecule has 0 radical (unpaired) electrons. The Morgan fingerprint density at radius 1 is 0.742 bits per heavy atom. The zero-order chi connectivity index (χ0) is 25.1. The van der Waals surface area contributed by atoms with Gasteiger partial charge in [0, 0.05) is 14.2 Å². The van der Waals surface area contributed by atoms with Gasteiger partial charge in [0.15, 0.2) is 5.79 Å². The Bertz CT molecular complexity index is 1100. The van der Waals surface area contributed by atoms with Gasteiger partial charge in [-0.05, 0) is 5.25 Å². The minimum Gasteiger partial charge on any atom is -0.359 e. The molecule has 0 aromatic rings. The van der Waals surface area contributed by atoms with Crippen molar-refractivity contribution in [1.82, 2.24) is 0 Å². The van der Waals surface area contributed by atoms with Crippen molar-refractivity contribution in [3.8, 4) is 0 Å². The summed E-state index contributed by atoms with van der Waals surface area (Å²) in [6.07, 6.45) is -1.71. The molecule has 31 heavy (non-hydrogen) atoms. The Kier molecular flexibility index (Phi) is 6.68. The van der Waals surface area contributed by atoms with E-state index in [4.69, 9.17) is 0 Å². The van der Waals surface area contributed by atoms with Gasteiger partial charge in [0.2, 0.25) is 19.7 Å². The minimum absolute atomic E-state index is 0.159. The van der Waals surface area contributed by atoms with Crippen molar-refractivity contribution < 1.29 is 74.2 Å². The molecule has 0 atom stereocenters. The number of methoxy groups -OCH3 is 2. The lowest BCUT2D eigenvalue weighted by Gasteiger charge is -2.46. The Balaban J connectivity index is 4.29. The van der Waals surface area contributed by atoms with E-state index in [1.165, 1.54) is 0 Å². The molecule has 0 unspecified atom stereocenters. The fourth-order valence-electron chi connectivity index (χ4n) is 2.14. The quantitative estimate of drug-likeness (QED) is 0.298. The molecule has 0 saturated heterocycles. The molecule has 0 bridgehead atoms. The second kappa shape index (κ2) is 7.52.